The van der Waals surface area contributed by atoms with Crippen molar-refractivity contribution in [3.8, 4) is 0 Å². The molecule has 0 spiro atoms. The standard InChI is InChI=1S/C3H5ClOS/c4-6-3-1-5-2-3/h3H,1-2H2. The zero-order valence-corrected chi connectivity index (χ0v) is 4.76. The molecule has 1 aliphatic heterocycles. The molecule has 1 nitrogen and oxygen atoms in total. The number of halogens is 1. The van der Waals surface area contributed by atoms with Gasteiger partial charge >= 0.3 is 0 Å². The molecule has 1 fully saturated rings. The van der Waals surface area contributed by atoms with Crippen LogP contribution in [0.4, 0.5) is 0 Å². The van der Waals surface area contributed by atoms with Crippen molar-refractivity contribution in [3.63, 3.8) is 0 Å². The van der Waals surface area contributed by atoms with E-state index in [1.165, 1.54) is 11.0 Å². The van der Waals surface area contributed by atoms with E-state index in [4.69, 9.17) is 15.4 Å². The van der Waals surface area contributed by atoms with Gasteiger partial charge in [0.05, 0.1) is 18.5 Å². The Morgan fingerprint density at radius 2 is 2.33 bits per heavy atom. The molecule has 0 N–H and O–H groups in total. The van der Waals surface area contributed by atoms with E-state index >= 15 is 0 Å². The molecule has 0 radical (unpaired) electrons. The highest BCUT2D eigenvalue weighted by Gasteiger charge is 2.16. The lowest BCUT2D eigenvalue weighted by molar-refractivity contribution is 0.0460. The van der Waals surface area contributed by atoms with Gasteiger partial charge in [0.25, 0.3) is 0 Å². The monoisotopic (exact) mass is 124 g/mol. The van der Waals surface area contributed by atoms with Gasteiger partial charge in [-0.15, -0.1) is 0 Å². The fraction of sp³-hybridized carbons (Fsp3) is 1.00. The molecule has 1 heterocycles. The summed E-state index contributed by atoms with van der Waals surface area (Å²) in [4.78, 5) is 0. The molecule has 1 saturated heterocycles. The second kappa shape index (κ2) is 2.05. The van der Waals surface area contributed by atoms with Crippen LogP contribution in [0.15, 0.2) is 0 Å². The topological polar surface area (TPSA) is 9.23 Å². The van der Waals surface area contributed by atoms with Gasteiger partial charge in [-0.05, 0) is 21.7 Å². The first kappa shape index (κ1) is 4.75. The van der Waals surface area contributed by atoms with E-state index in [-0.39, 0.29) is 0 Å². The second-order valence-corrected chi connectivity index (χ2v) is 2.63. The van der Waals surface area contributed by atoms with Gasteiger partial charge in [-0.1, -0.05) is 0 Å². The summed E-state index contributed by atoms with van der Waals surface area (Å²) in [5, 5.41) is 0.576. The minimum absolute atomic E-state index is 0.576. The van der Waals surface area contributed by atoms with Crippen LogP contribution in [0, 0.1) is 0 Å². The lowest BCUT2D eigenvalue weighted by Crippen LogP contribution is -2.28. The van der Waals surface area contributed by atoms with Crippen LogP contribution in [0.3, 0.4) is 0 Å². The van der Waals surface area contributed by atoms with Gasteiger partial charge in [-0.25, -0.2) is 0 Å². The smallest absolute Gasteiger partial charge is 0.0667 e. The van der Waals surface area contributed by atoms with Crippen molar-refractivity contribution in [2.24, 2.45) is 0 Å². The lowest BCUT2D eigenvalue weighted by Gasteiger charge is -2.21. The minimum atomic E-state index is 0.576. The molecule has 0 amide bonds. The van der Waals surface area contributed by atoms with Crippen LogP contribution in [0.2, 0.25) is 0 Å². The van der Waals surface area contributed by atoms with Crippen molar-refractivity contribution in [3.05, 3.63) is 0 Å². The Morgan fingerprint density at radius 3 is 2.33 bits per heavy atom. The maximum atomic E-state index is 5.34. The van der Waals surface area contributed by atoms with Gasteiger partial charge in [-0.3, -0.25) is 0 Å². The van der Waals surface area contributed by atoms with Crippen molar-refractivity contribution in [2.45, 2.75) is 5.25 Å². The third-order valence-corrected chi connectivity index (χ3v) is 2.01. The Hall–Kier alpha value is 0.600. The summed E-state index contributed by atoms with van der Waals surface area (Å²) in [5.41, 5.74) is 0. The molecule has 0 saturated carbocycles. The Morgan fingerprint density at radius 1 is 1.67 bits per heavy atom. The SMILES string of the molecule is ClSC1COC1. The van der Waals surface area contributed by atoms with Crippen LogP contribution < -0.4 is 0 Å². The van der Waals surface area contributed by atoms with Crippen LogP contribution in [0.25, 0.3) is 0 Å². The fourth-order valence-corrected chi connectivity index (χ4v) is 0.869. The molecule has 1 aliphatic rings. The Kier molecular flexibility index (Phi) is 1.62. The first-order chi connectivity index (χ1) is 2.93. The number of ether oxygens (including phenoxy) is 1. The maximum Gasteiger partial charge on any atom is 0.0667 e. The van der Waals surface area contributed by atoms with Crippen molar-refractivity contribution in [1.82, 2.24) is 0 Å². The van der Waals surface area contributed by atoms with E-state index in [0.29, 0.717) is 5.25 Å². The highest BCUT2D eigenvalue weighted by molar-refractivity contribution is 8.21. The molecule has 0 bridgehead atoms. The zero-order valence-electron chi connectivity index (χ0n) is 3.19. The summed E-state index contributed by atoms with van der Waals surface area (Å²) in [5.74, 6) is 0. The average molecular weight is 125 g/mol. The molecule has 1 rings (SSSR count). The molecule has 0 aromatic heterocycles. The van der Waals surface area contributed by atoms with E-state index in [0.717, 1.165) is 13.2 Å². The summed E-state index contributed by atoms with van der Waals surface area (Å²) in [7, 11) is 6.70. The van der Waals surface area contributed by atoms with Gasteiger partial charge in [0.2, 0.25) is 0 Å². The van der Waals surface area contributed by atoms with Crippen molar-refractivity contribution in [1.29, 1.82) is 0 Å². The molecule has 6 heavy (non-hydrogen) atoms. The predicted octanol–water partition coefficient (Wildman–Crippen LogP) is 1.27. The largest absolute Gasteiger partial charge is 0.379 e. The number of hydrogen-bond acceptors (Lipinski definition) is 2. The molecular formula is C3H5ClOS. The summed E-state index contributed by atoms with van der Waals surface area (Å²) >= 11 is 0. The van der Waals surface area contributed by atoms with Gasteiger partial charge in [0, 0.05) is 0 Å². The number of hydrogen-bond donors (Lipinski definition) is 0. The average Bonchev–Trinajstić information content (AvgIpc) is 1.31. The molecule has 0 aromatic carbocycles. The van der Waals surface area contributed by atoms with E-state index < -0.39 is 0 Å². The molecule has 0 aliphatic carbocycles. The highest BCUT2D eigenvalue weighted by Crippen LogP contribution is 2.21. The van der Waals surface area contributed by atoms with E-state index in [1.807, 2.05) is 0 Å². The summed E-state index contributed by atoms with van der Waals surface area (Å²) in [6.07, 6.45) is 0. The molecule has 0 atom stereocenters. The van der Waals surface area contributed by atoms with Crippen LogP contribution in [0.1, 0.15) is 0 Å². The molecule has 0 unspecified atom stereocenters. The van der Waals surface area contributed by atoms with Gasteiger partial charge in [-0.2, -0.15) is 0 Å². The molecule has 3 heteroatoms. The van der Waals surface area contributed by atoms with E-state index in [9.17, 15) is 0 Å². The van der Waals surface area contributed by atoms with E-state index in [2.05, 4.69) is 0 Å². The second-order valence-electron chi connectivity index (χ2n) is 1.25. The molecule has 36 valence electrons. The first-order valence-corrected chi connectivity index (χ1v) is 3.49. The van der Waals surface area contributed by atoms with Gasteiger partial charge < -0.3 is 4.74 Å². The van der Waals surface area contributed by atoms with Crippen LogP contribution in [0.5, 0.6) is 0 Å². The summed E-state index contributed by atoms with van der Waals surface area (Å²) < 4.78 is 4.82. The quantitative estimate of drug-likeness (QED) is 0.521. The van der Waals surface area contributed by atoms with E-state index in [1.54, 1.807) is 0 Å². The molecule has 0 aromatic rings. The van der Waals surface area contributed by atoms with Crippen LogP contribution in [-0.2, 0) is 4.74 Å². The Labute approximate surface area is 45.5 Å². The van der Waals surface area contributed by atoms with Crippen LogP contribution >= 0.6 is 21.7 Å². The number of rotatable bonds is 1. The third kappa shape index (κ3) is 0.806. The highest BCUT2D eigenvalue weighted by atomic mass is 35.7. The zero-order chi connectivity index (χ0) is 4.41. The minimum Gasteiger partial charge on any atom is -0.379 e. The maximum absolute atomic E-state index is 5.34. The summed E-state index contributed by atoms with van der Waals surface area (Å²) in [6, 6.07) is 0. The third-order valence-electron chi connectivity index (χ3n) is 0.733. The van der Waals surface area contributed by atoms with Crippen molar-refractivity contribution >= 4 is 21.7 Å². The van der Waals surface area contributed by atoms with Gasteiger partial charge in [0.1, 0.15) is 0 Å². The fourth-order valence-electron chi connectivity index (χ4n) is 0.266. The van der Waals surface area contributed by atoms with Gasteiger partial charge in [0.15, 0.2) is 0 Å². The predicted molar refractivity (Wildman–Crippen MR) is 28.1 cm³/mol. The normalized spacial score (nSPS) is 23.5. The summed E-state index contributed by atoms with van der Waals surface area (Å²) in [6.45, 7) is 1.68. The van der Waals surface area contributed by atoms with Crippen molar-refractivity contribution < 1.29 is 4.74 Å². The Balaban J connectivity index is 2.01. The van der Waals surface area contributed by atoms with Crippen LogP contribution in [-0.4, -0.2) is 18.5 Å². The Bertz CT molecular complexity index is 43.3. The first-order valence-electron chi connectivity index (χ1n) is 1.78. The van der Waals surface area contributed by atoms with Crippen molar-refractivity contribution in [2.75, 3.05) is 13.2 Å². The molecular weight excluding hydrogens is 120 g/mol. The lowest BCUT2D eigenvalue weighted by atomic mass is 10.4.